The molecular weight excluding hydrogens is 492 g/mol. The van der Waals surface area contributed by atoms with E-state index in [4.69, 9.17) is 14.5 Å². The molecule has 9 heteroatoms. The zero-order chi connectivity index (χ0) is 25.7. The Morgan fingerprint density at radius 3 is 2.58 bits per heavy atom. The quantitative estimate of drug-likeness (QED) is 0.304. The van der Waals surface area contributed by atoms with Gasteiger partial charge >= 0.3 is 6.09 Å². The number of aromatic nitrogens is 1. The minimum atomic E-state index is -0.308. The summed E-state index contributed by atoms with van der Waals surface area (Å²) in [5.41, 5.74) is 2.35. The van der Waals surface area contributed by atoms with Gasteiger partial charge in [0, 0.05) is 40.8 Å². The van der Waals surface area contributed by atoms with Crippen molar-refractivity contribution in [3.8, 4) is 10.4 Å². The number of alkyl carbamates (subject to hydrolysis) is 1. The highest BCUT2D eigenvalue weighted by molar-refractivity contribution is 7.97. The van der Waals surface area contributed by atoms with Gasteiger partial charge in [-0.2, -0.15) is 0 Å². The van der Waals surface area contributed by atoms with Gasteiger partial charge in [0.15, 0.2) is 0 Å². The molecule has 2 fully saturated rings. The van der Waals surface area contributed by atoms with Crippen molar-refractivity contribution >= 4 is 35.1 Å². The first-order valence-corrected chi connectivity index (χ1v) is 14.8. The van der Waals surface area contributed by atoms with Gasteiger partial charge in [-0.1, -0.05) is 26.8 Å². The van der Waals surface area contributed by atoms with Gasteiger partial charge < -0.3 is 20.1 Å². The largest absolute Gasteiger partial charge is 0.447 e. The molecule has 36 heavy (non-hydrogen) atoms. The van der Waals surface area contributed by atoms with Crippen LogP contribution < -0.4 is 15.4 Å². The van der Waals surface area contributed by atoms with Crippen LogP contribution in [-0.4, -0.2) is 48.5 Å². The first-order valence-electron chi connectivity index (χ1n) is 13.1. The molecule has 1 aliphatic heterocycles. The second-order valence-electron chi connectivity index (χ2n) is 10.4. The fraction of sp³-hybridized carbons (Fsp3) is 0.630. The molecule has 2 aromatic rings. The minimum absolute atomic E-state index is 0.0124. The first-order chi connectivity index (χ1) is 17.3. The van der Waals surface area contributed by atoms with Gasteiger partial charge in [-0.3, -0.25) is 4.72 Å². The van der Waals surface area contributed by atoms with E-state index in [-0.39, 0.29) is 23.8 Å². The number of anilines is 1. The molecule has 1 aromatic heterocycles. The molecule has 198 valence electrons. The number of nitrogens with zero attached hydrogens (tertiary/aromatic N) is 1. The number of carbonyl (C=O) groups excluding carboxylic acids is 1. The minimum Gasteiger partial charge on any atom is -0.447 e. The summed E-state index contributed by atoms with van der Waals surface area (Å²) in [6.07, 6.45) is 5.59. The lowest BCUT2D eigenvalue weighted by Crippen LogP contribution is -2.59. The maximum absolute atomic E-state index is 11.9. The molecular formula is C27H40N4O3S2. The van der Waals surface area contributed by atoms with Crippen molar-refractivity contribution in [2.75, 3.05) is 25.1 Å². The smallest absolute Gasteiger partial charge is 0.407 e. The number of rotatable bonds is 10. The Labute approximate surface area is 223 Å². The monoisotopic (exact) mass is 532 g/mol. The fourth-order valence-corrected chi connectivity index (χ4v) is 6.66. The maximum Gasteiger partial charge on any atom is 0.407 e. The molecule has 3 N–H and O–H groups in total. The fourth-order valence-electron chi connectivity index (χ4n) is 4.70. The van der Waals surface area contributed by atoms with Crippen LogP contribution in [0.5, 0.6) is 0 Å². The van der Waals surface area contributed by atoms with Crippen molar-refractivity contribution in [3.63, 3.8) is 0 Å². The molecule has 7 nitrogen and oxygen atoms in total. The Kier molecular flexibility index (Phi) is 9.19. The molecule has 2 aliphatic rings. The number of nitrogens with one attached hydrogen (secondary N) is 3. The predicted octanol–water partition coefficient (Wildman–Crippen LogP) is 6.42. The highest BCUT2D eigenvalue weighted by Gasteiger charge is 2.41. The number of amides is 1. The van der Waals surface area contributed by atoms with E-state index in [1.807, 2.05) is 20.0 Å². The normalized spacial score (nSPS) is 21.3. The van der Waals surface area contributed by atoms with E-state index >= 15 is 0 Å². The molecule has 1 aliphatic carbocycles. The summed E-state index contributed by atoms with van der Waals surface area (Å²) < 4.78 is 14.2. The zero-order valence-electron chi connectivity index (χ0n) is 22.1. The summed E-state index contributed by atoms with van der Waals surface area (Å²) in [4.78, 5) is 19.2. The third-order valence-electron chi connectivity index (χ3n) is 7.06. The SMILES string of the molecule is CCNSc1cc(NC2(C(C)C)COC2)ccc1-c1cnc(C2CCC(NC(=O)OC(C)C)CC2)s1. The van der Waals surface area contributed by atoms with Crippen LogP contribution in [0.15, 0.2) is 29.3 Å². The summed E-state index contributed by atoms with van der Waals surface area (Å²) in [5, 5.41) is 7.96. The second kappa shape index (κ2) is 12.2. The van der Waals surface area contributed by atoms with E-state index in [2.05, 4.69) is 54.3 Å². The van der Waals surface area contributed by atoms with Crippen LogP contribution in [0.3, 0.4) is 0 Å². The van der Waals surface area contributed by atoms with Crippen LogP contribution in [0.1, 0.15) is 71.2 Å². The van der Waals surface area contributed by atoms with Crippen LogP contribution >= 0.6 is 23.3 Å². The van der Waals surface area contributed by atoms with E-state index in [1.165, 1.54) is 20.3 Å². The number of hydrogen-bond acceptors (Lipinski definition) is 8. The topological polar surface area (TPSA) is 84.5 Å². The van der Waals surface area contributed by atoms with E-state index in [0.717, 1.165) is 51.1 Å². The molecule has 1 saturated heterocycles. The number of carbonyl (C=O) groups is 1. The van der Waals surface area contributed by atoms with E-state index in [9.17, 15) is 4.79 Å². The van der Waals surface area contributed by atoms with Crippen molar-refractivity contribution in [3.05, 3.63) is 29.4 Å². The summed E-state index contributed by atoms with van der Waals surface area (Å²) >= 11 is 3.48. The van der Waals surface area contributed by atoms with Crippen LogP contribution in [0.4, 0.5) is 10.5 Å². The average molecular weight is 533 g/mol. The Hall–Kier alpha value is -1.81. The molecule has 0 unspecified atom stereocenters. The van der Waals surface area contributed by atoms with Crippen LogP contribution in [0.25, 0.3) is 10.4 Å². The lowest BCUT2D eigenvalue weighted by atomic mass is 9.84. The Balaban J connectivity index is 1.43. The van der Waals surface area contributed by atoms with Gasteiger partial charge in [-0.05, 0) is 69.5 Å². The average Bonchev–Trinajstić information content (AvgIpc) is 3.30. The lowest BCUT2D eigenvalue weighted by molar-refractivity contribution is -0.0634. The van der Waals surface area contributed by atoms with E-state index < -0.39 is 0 Å². The molecule has 1 saturated carbocycles. The van der Waals surface area contributed by atoms with E-state index in [1.54, 1.807) is 23.3 Å². The number of benzene rings is 1. The third-order valence-corrected chi connectivity index (χ3v) is 9.24. The Morgan fingerprint density at radius 2 is 1.97 bits per heavy atom. The van der Waals surface area contributed by atoms with Gasteiger partial charge in [0.25, 0.3) is 0 Å². The molecule has 1 amide bonds. The van der Waals surface area contributed by atoms with Crippen molar-refractivity contribution in [2.24, 2.45) is 5.92 Å². The second-order valence-corrected chi connectivity index (χ2v) is 12.4. The third kappa shape index (κ3) is 6.54. The molecule has 1 aromatic carbocycles. The molecule has 0 spiro atoms. The van der Waals surface area contributed by atoms with Gasteiger partial charge in [0.2, 0.25) is 0 Å². The van der Waals surface area contributed by atoms with Crippen molar-refractivity contribution < 1.29 is 14.3 Å². The highest BCUT2D eigenvalue weighted by Crippen LogP contribution is 2.41. The Morgan fingerprint density at radius 1 is 1.22 bits per heavy atom. The summed E-state index contributed by atoms with van der Waals surface area (Å²) in [6, 6.07) is 6.83. The molecule has 4 rings (SSSR count). The van der Waals surface area contributed by atoms with Crippen LogP contribution in [0, 0.1) is 5.92 Å². The summed E-state index contributed by atoms with van der Waals surface area (Å²) in [7, 11) is 0. The maximum atomic E-state index is 11.9. The number of ether oxygens (including phenoxy) is 2. The van der Waals surface area contributed by atoms with Crippen molar-refractivity contribution in [2.45, 2.75) is 88.8 Å². The van der Waals surface area contributed by atoms with Gasteiger partial charge in [0.1, 0.15) is 0 Å². The zero-order valence-corrected chi connectivity index (χ0v) is 23.7. The van der Waals surface area contributed by atoms with Crippen molar-refractivity contribution in [1.29, 1.82) is 0 Å². The Bertz CT molecular complexity index is 1010. The number of thiazole rings is 1. The predicted molar refractivity (Wildman–Crippen MR) is 149 cm³/mol. The molecule has 0 radical (unpaired) electrons. The lowest BCUT2D eigenvalue weighted by Gasteiger charge is -2.46. The van der Waals surface area contributed by atoms with E-state index in [0.29, 0.717) is 11.8 Å². The van der Waals surface area contributed by atoms with Crippen LogP contribution in [-0.2, 0) is 9.47 Å². The standard InChI is InChI=1S/C27H40N4O3S2/c1-6-29-36-23-13-21(31-27(17(2)3)15-33-16-27)11-12-22(23)24-14-28-25(35-24)19-7-9-20(10-8-19)30-26(32)34-18(4)5/h11-14,17-20,29,31H,6-10,15-16H2,1-5H3,(H,30,32). The summed E-state index contributed by atoms with van der Waals surface area (Å²) in [5.74, 6) is 0.934. The van der Waals surface area contributed by atoms with Gasteiger partial charge in [0.05, 0.1) is 34.7 Å². The van der Waals surface area contributed by atoms with Gasteiger partial charge in [-0.25, -0.2) is 9.78 Å². The van der Waals surface area contributed by atoms with Crippen molar-refractivity contribution in [1.82, 2.24) is 15.0 Å². The van der Waals surface area contributed by atoms with Crippen LogP contribution in [0.2, 0.25) is 0 Å². The molecule has 0 bridgehead atoms. The highest BCUT2D eigenvalue weighted by atomic mass is 32.2. The summed E-state index contributed by atoms with van der Waals surface area (Å²) in [6.45, 7) is 12.7. The molecule has 2 heterocycles. The van der Waals surface area contributed by atoms with Gasteiger partial charge in [-0.15, -0.1) is 11.3 Å². The first kappa shape index (κ1) is 27.2. The molecule has 0 atom stereocenters. The number of hydrogen-bond donors (Lipinski definition) is 3.